The normalized spacial score (nSPS) is 12.5. The van der Waals surface area contributed by atoms with E-state index in [2.05, 4.69) is 31.9 Å². The molecule has 18 heavy (non-hydrogen) atoms. The number of ether oxygens (including phenoxy) is 1. The summed E-state index contributed by atoms with van der Waals surface area (Å²) in [5.74, 6) is 0.704. The van der Waals surface area contributed by atoms with Crippen molar-refractivity contribution in [2.75, 3.05) is 7.11 Å². The van der Waals surface area contributed by atoms with Crippen LogP contribution in [0.3, 0.4) is 0 Å². The van der Waals surface area contributed by atoms with Gasteiger partial charge in [0, 0.05) is 19.9 Å². The second-order valence-corrected chi connectivity index (χ2v) is 7.33. The zero-order valence-corrected chi connectivity index (χ0v) is 14.2. The molecule has 1 unspecified atom stereocenters. The Balaban J connectivity index is 2.42. The molecule has 1 aromatic heterocycles. The summed E-state index contributed by atoms with van der Waals surface area (Å²) in [6.45, 7) is 0. The summed E-state index contributed by atoms with van der Waals surface area (Å²) in [6, 6.07) is 7.26. The molecule has 1 atom stereocenters. The molecule has 96 valence electrons. The standard InChI is InChI=1S/C12H10Br2ClNOS/c1-17-9-4-6(15)2-3-7(9)11(16)10-5-8(13)12(14)18-10/h2-5,11H,16H2,1H3. The smallest absolute Gasteiger partial charge is 0.125 e. The van der Waals surface area contributed by atoms with Crippen LogP contribution in [0.1, 0.15) is 16.5 Å². The fourth-order valence-electron chi connectivity index (χ4n) is 1.61. The van der Waals surface area contributed by atoms with Gasteiger partial charge in [0.2, 0.25) is 0 Å². The Morgan fingerprint density at radius 2 is 2.06 bits per heavy atom. The summed E-state index contributed by atoms with van der Waals surface area (Å²) in [5.41, 5.74) is 7.19. The molecule has 0 fully saturated rings. The largest absolute Gasteiger partial charge is 0.496 e. The predicted molar refractivity (Wildman–Crippen MR) is 83.8 cm³/mol. The van der Waals surface area contributed by atoms with Crippen LogP contribution in [0.5, 0.6) is 5.75 Å². The first-order valence-corrected chi connectivity index (χ1v) is 7.84. The van der Waals surface area contributed by atoms with Crippen molar-refractivity contribution < 1.29 is 4.74 Å². The van der Waals surface area contributed by atoms with Crippen LogP contribution >= 0.6 is 54.8 Å². The van der Waals surface area contributed by atoms with Gasteiger partial charge in [0.15, 0.2) is 0 Å². The van der Waals surface area contributed by atoms with Crippen molar-refractivity contribution in [2.45, 2.75) is 6.04 Å². The van der Waals surface area contributed by atoms with Crippen LogP contribution in [-0.4, -0.2) is 7.11 Å². The van der Waals surface area contributed by atoms with Gasteiger partial charge in [-0.3, -0.25) is 0 Å². The highest BCUT2D eigenvalue weighted by Crippen LogP contribution is 2.39. The van der Waals surface area contributed by atoms with Crippen LogP contribution in [0.4, 0.5) is 0 Å². The number of nitrogens with two attached hydrogens (primary N) is 1. The maximum atomic E-state index is 6.27. The first kappa shape index (κ1) is 14.3. The zero-order chi connectivity index (χ0) is 13.3. The minimum absolute atomic E-state index is 0.232. The second kappa shape index (κ2) is 5.92. The molecule has 0 aliphatic rings. The second-order valence-electron chi connectivity index (χ2n) is 3.63. The van der Waals surface area contributed by atoms with E-state index in [4.69, 9.17) is 22.1 Å². The van der Waals surface area contributed by atoms with E-state index in [1.807, 2.05) is 18.2 Å². The van der Waals surface area contributed by atoms with Crippen LogP contribution < -0.4 is 10.5 Å². The molecular weight excluding hydrogens is 401 g/mol. The van der Waals surface area contributed by atoms with E-state index < -0.39 is 0 Å². The number of halogens is 3. The van der Waals surface area contributed by atoms with E-state index in [1.165, 1.54) is 0 Å². The summed E-state index contributed by atoms with van der Waals surface area (Å²) in [5, 5.41) is 0.636. The van der Waals surface area contributed by atoms with E-state index in [0.717, 1.165) is 18.7 Å². The van der Waals surface area contributed by atoms with Gasteiger partial charge in [-0.05, 0) is 50.1 Å². The summed E-state index contributed by atoms with van der Waals surface area (Å²) in [6.07, 6.45) is 0. The lowest BCUT2D eigenvalue weighted by atomic mass is 10.1. The number of hydrogen-bond donors (Lipinski definition) is 1. The molecule has 0 bridgehead atoms. The lowest BCUT2D eigenvalue weighted by molar-refractivity contribution is 0.408. The maximum absolute atomic E-state index is 6.27. The molecule has 2 N–H and O–H groups in total. The van der Waals surface area contributed by atoms with Crippen LogP contribution in [0.15, 0.2) is 32.5 Å². The van der Waals surface area contributed by atoms with Gasteiger partial charge < -0.3 is 10.5 Å². The summed E-state index contributed by atoms with van der Waals surface area (Å²) in [4.78, 5) is 1.05. The Morgan fingerprint density at radius 1 is 1.33 bits per heavy atom. The Labute approximate surface area is 131 Å². The Hall–Kier alpha value is -0.0700. The zero-order valence-electron chi connectivity index (χ0n) is 9.41. The third-order valence-electron chi connectivity index (χ3n) is 2.50. The molecule has 1 heterocycles. The Kier molecular flexibility index (Phi) is 4.72. The highest BCUT2D eigenvalue weighted by molar-refractivity contribution is 9.13. The van der Waals surface area contributed by atoms with Gasteiger partial charge in [-0.25, -0.2) is 0 Å². The average molecular weight is 412 g/mol. The average Bonchev–Trinajstić information content (AvgIpc) is 2.68. The number of rotatable bonds is 3. The quantitative estimate of drug-likeness (QED) is 0.773. The summed E-state index contributed by atoms with van der Waals surface area (Å²) < 4.78 is 7.36. The van der Waals surface area contributed by atoms with Crippen LogP contribution in [-0.2, 0) is 0 Å². The molecular formula is C12H10Br2ClNOS. The molecule has 2 rings (SSSR count). The lowest BCUT2D eigenvalue weighted by Crippen LogP contribution is -2.11. The van der Waals surface area contributed by atoms with E-state index >= 15 is 0 Å². The molecule has 2 aromatic rings. The van der Waals surface area contributed by atoms with Crippen molar-refractivity contribution in [1.29, 1.82) is 0 Å². The van der Waals surface area contributed by atoms with E-state index in [1.54, 1.807) is 24.5 Å². The molecule has 6 heteroatoms. The molecule has 1 aromatic carbocycles. The van der Waals surface area contributed by atoms with Crippen molar-refractivity contribution in [1.82, 2.24) is 0 Å². The van der Waals surface area contributed by atoms with Crippen molar-refractivity contribution in [3.05, 3.63) is 48.0 Å². The minimum Gasteiger partial charge on any atom is -0.496 e. The van der Waals surface area contributed by atoms with E-state index in [0.29, 0.717) is 10.8 Å². The monoisotopic (exact) mass is 409 g/mol. The van der Waals surface area contributed by atoms with Gasteiger partial charge in [0.1, 0.15) is 5.75 Å². The van der Waals surface area contributed by atoms with Crippen molar-refractivity contribution in [3.8, 4) is 5.75 Å². The van der Waals surface area contributed by atoms with Crippen molar-refractivity contribution >= 4 is 54.8 Å². The van der Waals surface area contributed by atoms with Gasteiger partial charge >= 0.3 is 0 Å². The van der Waals surface area contributed by atoms with Crippen molar-refractivity contribution in [3.63, 3.8) is 0 Å². The molecule has 0 saturated carbocycles. The third-order valence-corrected chi connectivity index (χ3v) is 6.08. The van der Waals surface area contributed by atoms with E-state index in [-0.39, 0.29) is 6.04 Å². The Bertz CT molecular complexity index is 554. The molecule has 0 aliphatic heterocycles. The molecule has 2 nitrogen and oxygen atoms in total. The fraction of sp³-hybridized carbons (Fsp3) is 0.167. The van der Waals surface area contributed by atoms with E-state index in [9.17, 15) is 0 Å². The number of thiophene rings is 1. The van der Waals surface area contributed by atoms with Crippen LogP contribution in [0.2, 0.25) is 5.02 Å². The first-order chi connectivity index (χ1) is 8.52. The molecule has 0 radical (unpaired) electrons. The molecule has 0 amide bonds. The third kappa shape index (κ3) is 2.91. The molecule has 0 spiro atoms. The summed E-state index contributed by atoms with van der Waals surface area (Å²) >= 11 is 14.5. The lowest BCUT2D eigenvalue weighted by Gasteiger charge is -2.14. The van der Waals surface area contributed by atoms with Gasteiger partial charge in [-0.1, -0.05) is 17.7 Å². The highest BCUT2D eigenvalue weighted by Gasteiger charge is 2.17. The number of benzene rings is 1. The SMILES string of the molecule is COc1cc(Cl)ccc1C(N)c1cc(Br)c(Br)s1. The van der Waals surface area contributed by atoms with Crippen LogP contribution in [0.25, 0.3) is 0 Å². The molecule has 0 saturated heterocycles. The predicted octanol–water partition coefficient (Wildman–Crippen LogP) is 4.98. The first-order valence-electron chi connectivity index (χ1n) is 5.06. The minimum atomic E-state index is -0.232. The maximum Gasteiger partial charge on any atom is 0.125 e. The van der Waals surface area contributed by atoms with Gasteiger partial charge in [0.05, 0.1) is 16.9 Å². The van der Waals surface area contributed by atoms with Gasteiger partial charge in [-0.2, -0.15) is 0 Å². The molecule has 0 aliphatic carbocycles. The summed E-state index contributed by atoms with van der Waals surface area (Å²) in [7, 11) is 1.61. The highest BCUT2D eigenvalue weighted by atomic mass is 79.9. The van der Waals surface area contributed by atoms with Crippen LogP contribution in [0, 0.1) is 0 Å². The van der Waals surface area contributed by atoms with Crippen molar-refractivity contribution in [2.24, 2.45) is 5.73 Å². The number of hydrogen-bond acceptors (Lipinski definition) is 3. The van der Waals surface area contributed by atoms with Gasteiger partial charge in [0.25, 0.3) is 0 Å². The number of methoxy groups -OCH3 is 1. The topological polar surface area (TPSA) is 35.2 Å². The Morgan fingerprint density at radius 3 is 2.61 bits per heavy atom. The fourth-order valence-corrected chi connectivity index (χ4v) is 3.88. The van der Waals surface area contributed by atoms with Gasteiger partial charge in [-0.15, -0.1) is 11.3 Å².